The predicted octanol–water partition coefficient (Wildman–Crippen LogP) is 4.71. The predicted molar refractivity (Wildman–Crippen MR) is 106 cm³/mol. The zero-order valence-corrected chi connectivity index (χ0v) is 17.1. The van der Waals surface area contributed by atoms with Crippen molar-refractivity contribution in [2.45, 2.75) is 31.5 Å². The van der Waals surface area contributed by atoms with Crippen molar-refractivity contribution in [2.24, 2.45) is 0 Å². The summed E-state index contributed by atoms with van der Waals surface area (Å²) in [5.74, 6) is 3.27. The smallest absolute Gasteiger partial charge is 0.203 e. The number of benzene rings is 2. The van der Waals surface area contributed by atoms with Crippen LogP contribution in [0.15, 0.2) is 30.3 Å². The molecule has 0 saturated carbocycles. The number of methoxy groups -OCH3 is 5. The highest BCUT2D eigenvalue weighted by atomic mass is 16.5. The Kier molecular flexibility index (Phi) is 6.52. The molecule has 0 bridgehead atoms. The highest BCUT2D eigenvalue weighted by Crippen LogP contribution is 2.45. The topological polar surface area (TPSA) is 55.4 Å². The Hall–Kier alpha value is -2.60. The van der Waals surface area contributed by atoms with Crippen LogP contribution in [0.25, 0.3) is 0 Å². The lowest BCUT2D eigenvalue weighted by Gasteiger charge is -2.31. The first kappa shape index (κ1) is 20.1. The molecule has 0 spiro atoms. The molecule has 152 valence electrons. The second kappa shape index (κ2) is 9.06. The lowest BCUT2D eigenvalue weighted by Crippen LogP contribution is -2.16. The fourth-order valence-corrected chi connectivity index (χ4v) is 3.65. The van der Waals surface area contributed by atoms with Crippen LogP contribution in [0.5, 0.6) is 28.7 Å². The van der Waals surface area contributed by atoms with Crippen LogP contribution in [0.4, 0.5) is 0 Å². The van der Waals surface area contributed by atoms with Gasteiger partial charge in [-0.3, -0.25) is 0 Å². The van der Waals surface area contributed by atoms with Gasteiger partial charge in [0.2, 0.25) is 5.75 Å². The van der Waals surface area contributed by atoms with Crippen molar-refractivity contribution >= 4 is 0 Å². The van der Waals surface area contributed by atoms with E-state index >= 15 is 0 Å². The van der Waals surface area contributed by atoms with Crippen LogP contribution < -0.4 is 23.7 Å². The molecule has 0 N–H and O–H groups in total. The van der Waals surface area contributed by atoms with Gasteiger partial charge in [-0.2, -0.15) is 0 Å². The Morgan fingerprint density at radius 3 is 1.71 bits per heavy atom. The molecule has 2 aromatic carbocycles. The summed E-state index contributed by atoms with van der Waals surface area (Å²) in [6.07, 6.45) is 2.87. The first-order valence-electron chi connectivity index (χ1n) is 9.32. The van der Waals surface area contributed by atoms with Gasteiger partial charge in [0.1, 0.15) is 0 Å². The maximum Gasteiger partial charge on any atom is 0.203 e. The normalized spacial score (nSPS) is 19.0. The van der Waals surface area contributed by atoms with E-state index < -0.39 is 0 Å². The number of hydrogen-bond acceptors (Lipinski definition) is 6. The van der Waals surface area contributed by atoms with Crippen molar-refractivity contribution in [3.8, 4) is 28.7 Å². The zero-order chi connectivity index (χ0) is 20.1. The minimum absolute atomic E-state index is 0.0161. The van der Waals surface area contributed by atoms with E-state index in [9.17, 15) is 0 Å². The summed E-state index contributed by atoms with van der Waals surface area (Å²) in [6.45, 7) is 0. The third-order valence-electron chi connectivity index (χ3n) is 5.10. The van der Waals surface area contributed by atoms with Gasteiger partial charge in [0.05, 0.1) is 47.8 Å². The fourth-order valence-electron chi connectivity index (χ4n) is 3.65. The maximum atomic E-state index is 6.46. The molecular formula is C22H28O6. The van der Waals surface area contributed by atoms with Crippen LogP contribution in [-0.4, -0.2) is 35.5 Å². The molecule has 1 aliphatic heterocycles. The van der Waals surface area contributed by atoms with E-state index in [1.165, 1.54) is 0 Å². The van der Waals surface area contributed by atoms with Gasteiger partial charge in [0.15, 0.2) is 23.0 Å². The summed E-state index contributed by atoms with van der Waals surface area (Å²) in [5.41, 5.74) is 2.09. The molecule has 2 aromatic rings. The second-order valence-electron chi connectivity index (χ2n) is 6.62. The summed E-state index contributed by atoms with van der Waals surface area (Å²) in [4.78, 5) is 0. The molecule has 0 radical (unpaired) electrons. The molecular weight excluding hydrogens is 360 g/mol. The number of ether oxygens (including phenoxy) is 6. The van der Waals surface area contributed by atoms with Crippen LogP contribution in [0.1, 0.15) is 42.6 Å². The van der Waals surface area contributed by atoms with Crippen molar-refractivity contribution in [1.29, 1.82) is 0 Å². The Morgan fingerprint density at radius 2 is 1.18 bits per heavy atom. The van der Waals surface area contributed by atoms with Gasteiger partial charge in [0.25, 0.3) is 0 Å². The molecule has 0 aliphatic carbocycles. The van der Waals surface area contributed by atoms with E-state index in [1.807, 2.05) is 30.3 Å². The molecule has 1 fully saturated rings. The van der Waals surface area contributed by atoms with Crippen LogP contribution >= 0.6 is 0 Å². The number of rotatable bonds is 7. The SMILES string of the molecule is COc1ccc([C@H]2CCC[C@H](c3cc(OC)c(OC)c(OC)c3)O2)cc1OC. The Balaban J connectivity index is 1.87. The molecule has 0 unspecified atom stereocenters. The Labute approximate surface area is 166 Å². The third-order valence-corrected chi connectivity index (χ3v) is 5.10. The van der Waals surface area contributed by atoms with E-state index in [0.717, 1.165) is 30.4 Å². The minimum atomic E-state index is -0.0550. The lowest BCUT2D eigenvalue weighted by atomic mass is 9.94. The molecule has 0 aromatic heterocycles. The summed E-state index contributed by atoms with van der Waals surface area (Å²) >= 11 is 0. The van der Waals surface area contributed by atoms with Crippen molar-refractivity contribution in [2.75, 3.05) is 35.5 Å². The van der Waals surface area contributed by atoms with Gasteiger partial charge < -0.3 is 28.4 Å². The molecule has 1 saturated heterocycles. The van der Waals surface area contributed by atoms with Crippen molar-refractivity contribution in [3.63, 3.8) is 0 Å². The Morgan fingerprint density at radius 1 is 0.643 bits per heavy atom. The quantitative estimate of drug-likeness (QED) is 0.685. The number of hydrogen-bond donors (Lipinski definition) is 0. The molecule has 1 heterocycles. The van der Waals surface area contributed by atoms with Crippen LogP contribution in [0.3, 0.4) is 0 Å². The third kappa shape index (κ3) is 3.97. The summed E-state index contributed by atoms with van der Waals surface area (Å²) < 4.78 is 33.6. The standard InChI is InChI=1S/C22H28O6/c1-23-18-10-9-14(11-19(18)24-2)16-7-6-8-17(28-16)15-12-20(25-3)22(27-5)21(13-15)26-4/h9-13,16-17H,6-8H2,1-5H3/t16-,17-/m1/s1. The second-order valence-corrected chi connectivity index (χ2v) is 6.62. The minimum Gasteiger partial charge on any atom is -0.493 e. The van der Waals surface area contributed by atoms with Gasteiger partial charge in [-0.25, -0.2) is 0 Å². The average Bonchev–Trinajstić information content (AvgIpc) is 2.77. The van der Waals surface area contributed by atoms with E-state index in [-0.39, 0.29) is 12.2 Å². The van der Waals surface area contributed by atoms with Gasteiger partial charge in [-0.1, -0.05) is 6.07 Å². The molecule has 6 heteroatoms. The average molecular weight is 388 g/mol. The largest absolute Gasteiger partial charge is 0.493 e. The fraction of sp³-hybridized carbons (Fsp3) is 0.455. The maximum absolute atomic E-state index is 6.46. The van der Waals surface area contributed by atoms with Gasteiger partial charge in [0, 0.05) is 0 Å². The highest BCUT2D eigenvalue weighted by molar-refractivity contribution is 5.54. The molecule has 28 heavy (non-hydrogen) atoms. The molecule has 6 nitrogen and oxygen atoms in total. The van der Waals surface area contributed by atoms with Crippen LogP contribution in [0, 0.1) is 0 Å². The Bertz CT molecular complexity index is 779. The van der Waals surface area contributed by atoms with Gasteiger partial charge >= 0.3 is 0 Å². The van der Waals surface area contributed by atoms with Crippen molar-refractivity contribution in [1.82, 2.24) is 0 Å². The molecule has 0 amide bonds. The molecule has 3 rings (SSSR count). The zero-order valence-electron chi connectivity index (χ0n) is 17.1. The van der Waals surface area contributed by atoms with E-state index in [2.05, 4.69) is 0 Å². The van der Waals surface area contributed by atoms with Gasteiger partial charge in [-0.05, 0) is 54.7 Å². The van der Waals surface area contributed by atoms with Crippen molar-refractivity contribution in [3.05, 3.63) is 41.5 Å². The monoisotopic (exact) mass is 388 g/mol. The lowest BCUT2D eigenvalue weighted by molar-refractivity contribution is -0.0537. The summed E-state index contributed by atoms with van der Waals surface area (Å²) in [5, 5.41) is 0. The highest BCUT2D eigenvalue weighted by Gasteiger charge is 2.27. The summed E-state index contributed by atoms with van der Waals surface area (Å²) in [6, 6.07) is 9.86. The summed E-state index contributed by atoms with van der Waals surface area (Å²) in [7, 11) is 8.12. The van der Waals surface area contributed by atoms with Crippen LogP contribution in [-0.2, 0) is 4.74 Å². The van der Waals surface area contributed by atoms with Crippen molar-refractivity contribution < 1.29 is 28.4 Å². The molecule has 2 atom stereocenters. The first-order valence-corrected chi connectivity index (χ1v) is 9.32. The molecule has 1 aliphatic rings. The van der Waals surface area contributed by atoms with Gasteiger partial charge in [-0.15, -0.1) is 0 Å². The van der Waals surface area contributed by atoms with E-state index in [1.54, 1.807) is 35.5 Å². The van der Waals surface area contributed by atoms with E-state index in [0.29, 0.717) is 28.7 Å². The van der Waals surface area contributed by atoms with Crippen LogP contribution in [0.2, 0.25) is 0 Å². The first-order chi connectivity index (χ1) is 13.6. The van der Waals surface area contributed by atoms with E-state index in [4.69, 9.17) is 28.4 Å².